The van der Waals surface area contributed by atoms with Crippen molar-refractivity contribution in [3.05, 3.63) is 29.3 Å². The Balaban J connectivity index is 2.89. The third-order valence-electron chi connectivity index (χ3n) is 3.17. The molecular formula is C14H24N2. The summed E-state index contributed by atoms with van der Waals surface area (Å²) in [5.41, 5.74) is 9.78. The molecule has 0 saturated heterocycles. The fourth-order valence-electron chi connectivity index (χ4n) is 2.20. The van der Waals surface area contributed by atoms with Crippen LogP contribution >= 0.6 is 0 Å². The van der Waals surface area contributed by atoms with E-state index in [1.54, 1.807) is 0 Å². The van der Waals surface area contributed by atoms with Gasteiger partial charge in [-0.3, -0.25) is 0 Å². The van der Waals surface area contributed by atoms with Gasteiger partial charge in [-0.1, -0.05) is 31.0 Å². The van der Waals surface area contributed by atoms with Crippen molar-refractivity contribution in [1.29, 1.82) is 0 Å². The van der Waals surface area contributed by atoms with E-state index in [-0.39, 0.29) is 0 Å². The van der Waals surface area contributed by atoms with Gasteiger partial charge in [0.1, 0.15) is 0 Å². The molecule has 2 nitrogen and oxygen atoms in total. The fourth-order valence-corrected chi connectivity index (χ4v) is 2.20. The number of likely N-dealkylation sites (N-methyl/N-ethyl adjacent to an activating group) is 1. The van der Waals surface area contributed by atoms with E-state index in [9.17, 15) is 0 Å². The average molecular weight is 220 g/mol. The molecule has 0 heterocycles. The van der Waals surface area contributed by atoms with E-state index in [4.69, 9.17) is 5.73 Å². The number of nitrogens with zero attached hydrogens (tertiary/aromatic N) is 1. The van der Waals surface area contributed by atoms with Crippen molar-refractivity contribution < 1.29 is 0 Å². The quantitative estimate of drug-likeness (QED) is 0.826. The van der Waals surface area contributed by atoms with Crippen LogP contribution < -0.4 is 10.6 Å². The molecule has 1 aromatic rings. The molecule has 0 fully saturated rings. The second kappa shape index (κ2) is 5.90. The van der Waals surface area contributed by atoms with Crippen LogP contribution in [-0.2, 0) is 0 Å². The summed E-state index contributed by atoms with van der Waals surface area (Å²) >= 11 is 0. The summed E-state index contributed by atoms with van der Waals surface area (Å²) < 4.78 is 0. The zero-order valence-electron chi connectivity index (χ0n) is 11.0. The SMILES string of the molecule is CCCC(CN)N(C)c1ccc(C)cc1C. The molecule has 1 aromatic carbocycles. The molecule has 2 N–H and O–H groups in total. The number of rotatable bonds is 5. The third-order valence-corrected chi connectivity index (χ3v) is 3.17. The molecule has 0 aliphatic carbocycles. The molecule has 0 bridgehead atoms. The molecule has 0 aliphatic rings. The van der Waals surface area contributed by atoms with Gasteiger partial charge in [0.05, 0.1) is 0 Å². The number of anilines is 1. The molecule has 0 aromatic heterocycles. The molecule has 0 spiro atoms. The first-order chi connectivity index (χ1) is 7.60. The van der Waals surface area contributed by atoms with E-state index < -0.39 is 0 Å². The molecule has 0 radical (unpaired) electrons. The number of nitrogens with two attached hydrogens (primary N) is 1. The van der Waals surface area contributed by atoms with Gasteiger partial charge in [0, 0.05) is 25.3 Å². The molecule has 0 amide bonds. The largest absolute Gasteiger partial charge is 0.370 e. The minimum absolute atomic E-state index is 0.450. The van der Waals surface area contributed by atoms with Gasteiger partial charge in [0.2, 0.25) is 0 Å². The van der Waals surface area contributed by atoms with Crippen LogP contribution in [0.4, 0.5) is 5.69 Å². The lowest BCUT2D eigenvalue weighted by Crippen LogP contribution is -2.38. The van der Waals surface area contributed by atoms with Crippen molar-refractivity contribution in [3.63, 3.8) is 0 Å². The Kier molecular flexibility index (Phi) is 4.81. The summed E-state index contributed by atoms with van der Waals surface area (Å²) in [4.78, 5) is 2.32. The fraction of sp³-hybridized carbons (Fsp3) is 0.571. The summed E-state index contributed by atoms with van der Waals surface area (Å²) in [6.45, 7) is 7.22. The van der Waals surface area contributed by atoms with E-state index >= 15 is 0 Å². The molecule has 0 saturated carbocycles. The van der Waals surface area contributed by atoms with Gasteiger partial charge in [0.25, 0.3) is 0 Å². The number of benzene rings is 1. The van der Waals surface area contributed by atoms with Crippen molar-refractivity contribution in [2.45, 2.75) is 39.7 Å². The molecule has 0 aliphatic heterocycles. The van der Waals surface area contributed by atoms with E-state index in [1.165, 1.54) is 23.2 Å². The predicted molar refractivity (Wildman–Crippen MR) is 72.1 cm³/mol. The normalized spacial score (nSPS) is 12.6. The van der Waals surface area contributed by atoms with Gasteiger partial charge < -0.3 is 10.6 Å². The summed E-state index contributed by atoms with van der Waals surface area (Å²) in [6.07, 6.45) is 2.33. The minimum atomic E-state index is 0.450. The Morgan fingerprint density at radius 3 is 2.50 bits per heavy atom. The average Bonchev–Trinajstić information content (AvgIpc) is 2.25. The highest BCUT2D eigenvalue weighted by atomic mass is 15.1. The third kappa shape index (κ3) is 2.99. The summed E-state index contributed by atoms with van der Waals surface area (Å²) in [6, 6.07) is 7.04. The van der Waals surface area contributed by atoms with Crippen LogP contribution in [0, 0.1) is 13.8 Å². The first kappa shape index (κ1) is 13.0. The highest BCUT2D eigenvalue weighted by Gasteiger charge is 2.14. The Morgan fingerprint density at radius 1 is 1.31 bits per heavy atom. The Labute approximate surface area is 99.5 Å². The Bertz CT molecular complexity index is 334. The minimum Gasteiger partial charge on any atom is -0.370 e. The van der Waals surface area contributed by atoms with Crippen LogP contribution in [0.25, 0.3) is 0 Å². The molecule has 1 atom stereocenters. The maximum absolute atomic E-state index is 5.84. The van der Waals surface area contributed by atoms with Crippen molar-refractivity contribution in [2.24, 2.45) is 5.73 Å². The van der Waals surface area contributed by atoms with Crippen molar-refractivity contribution in [3.8, 4) is 0 Å². The highest BCUT2D eigenvalue weighted by Crippen LogP contribution is 2.22. The number of aryl methyl sites for hydroxylation is 2. The van der Waals surface area contributed by atoms with Crippen molar-refractivity contribution in [2.75, 3.05) is 18.5 Å². The molecule has 16 heavy (non-hydrogen) atoms. The number of hydrogen-bond donors (Lipinski definition) is 1. The Morgan fingerprint density at radius 2 is 2.00 bits per heavy atom. The molecule has 2 heteroatoms. The maximum atomic E-state index is 5.84. The van der Waals surface area contributed by atoms with Crippen LogP contribution in [0.1, 0.15) is 30.9 Å². The van der Waals surface area contributed by atoms with Crippen molar-refractivity contribution >= 4 is 5.69 Å². The zero-order valence-corrected chi connectivity index (χ0v) is 11.0. The van der Waals surface area contributed by atoms with Crippen LogP contribution in [0.3, 0.4) is 0 Å². The zero-order chi connectivity index (χ0) is 12.1. The van der Waals surface area contributed by atoms with E-state index in [1.807, 2.05) is 0 Å². The van der Waals surface area contributed by atoms with Crippen LogP contribution in [0.2, 0.25) is 0 Å². The van der Waals surface area contributed by atoms with Crippen LogP contribution in [-0.4, -0.2) is 19.6 Å². The first-order valence-electron chi connectivity index (χ1n) is 6.10. The lowest BCUT2D eigenvalue weighted by molar-refractivity contribution is 0.579. The second-order valence-electron chi connectivity index (χ2n) is 4.58. The summed E-state index contributed by atoms with van der Waals surface area (Å²) in [5.74, 6) is 0. The second-order valence-corrected chi connectivity index (χ2v) is 4.58. The van der Waals surface area contributed by atoms with Gasteiger partial charge in [-0.05, 0) is 31.9 Å². The maximum Gasteiger partial charge on any atom is 0.0409 e. The van der Waals surface area contributed by atoms with Gasteiger partial charge >= 0.3 is 0 Å². The van der Waals surface area contributed by atoms with Gasteiger partial charge in [0.15, 0.2) is 0 Å². The lowest BCUT2D eigenvalue weighted by Gasteiger charge is -2.30. The van der Waals surface area contributed by atoms with E-state index in [0.29, 0.717) is 6.04 Å². The van der Waals surface area contributed by atoms with Crippen molar-refractivity contribution in [1.82, 2.24) is 0 Å². The van der Waals surface area contributed by atoms with Gasteiger partial charge in [-0.2, -0.15) is 0 Å². The van der Waals surface area contributed by atoms with E-state index in [2.05, 4.69) is 50.9 Å². The van der Waals surface area contributed by atoms with Gasteiger partial charge in [-0.25, -0.2) is 0 Å². The summed E-state index contributed by atoms with van der Waals surface area (Å²) in [7, 11) is 2.14. The number of hydrogen-bond acceptors (Lipinski definition) is 2. The topological polar surface area (TPSA) is 29.3 Å². The molecule has 1 rings (SSSR count). The lowest BCUT2D eigenvalue weighted by atomic mass is 10.1. The summed E-state index contributed by atoms with van der Waals surface area (Å²) in [5, 5.41) is 0. The predicted octanol–water partition coefficient (Wildman–Crippen LogP) is 2.87. The molecule has 90 valence electrons. The molecular weight excluding hydrogens is 196 g/mol. The van der Waals surface area contributed by atoms with Gasteiger partial charge in [-0.15, -0.1) is 0 Å². The van der Waals surface area contributed by atoms with Crippen LogP contribution in [0.5, 0.6) is 0 Å². The standard InChI is InChI=1S/C14H24N2/c1-5-6-13(10-15)16(4)14-8-7-11(2)9-12(14)3/h7-9,13H,5-6,10,15H2,1-4H3. The molecule has 1 unspecified atom stereocenters. The first-order valence-corrected chi connectivity index (χ1v) is 6.10. The van der Waals surface area contributed by atoms with Crippen LogP contribution in [0.15, 0.2) is 18.2 Å². The Hall–Kier alpha value is -1.02. The monoisotopic (exact) mass is 220 g/mol. The highest BCUT2D eigenvalue weighted by molar-refractivity contribution is 5.54. The van der Waals surface area contributed by atoms with E-state index in [0.717, 1.165) is 13.0 Å². The smallest absolute Gasteiger partial charge is 0.0409 e.